The fraction of sp³-hybridized carbons (Fsp3) is 0.917. The van der Waals surface area contributed by atoms with Crippen molar-refractivity contribution in [2.75, 3.05) is 32.7 Å². The van der Waals surface area contributed by atoms with Gasteiger partial charge in [-0.3, -0.25) is 14.6 Å². The summed E-state index contributed by atoms with van der Waals surface area (Å²) in [6.45, 7) is 4.62. The monoisotopic (exact) mass is 241 g/mol. The molecule has 0 aromatic rings. The molecule has 2 aliphatic rings. The van der Waals surface area contributed by atoms with Gasteiger partial charge in [0.2, 0.25) is 0 Å². The van der Waals surface area contributed by atoms with E-state index in [9.17, 15) is 9.90 Å². The Balaban J connectivity index is 1.88. The second kappa shape index (κ2) is 5.80. The molecule has 3 N–H and O–H groups in total. The van der Waals surface area contributed by atoms with E-state index in [0.29, 0.717) is 19.0 Å². The van der Waals surface area contributed by atoms with Crippen LogP contribution in [0.15, 0.2) is 0 Å². The normalized spacial score (nSPS) is 28.6. The number of hydrogen-bond acceptors (Lipinski definition) is 4. The number of carbonyl (C=O) groups is 1. The van der Waals surface area contributed by atoms with Crippen LogP contribution in [0.25, 0.3) is 0 Å². The smallest absolute Gasteiger partial charge is 0.320 e. The summed E-state index contributed by atoms with van der Waals surface area (Å²) in [5.74, 6) is -0.725. The van der Waals surface area contributed by atoms with Gasteiger partial charge in [0.15, 0.2) is 0 Å². The molecule has 0 aromatic heterocycles. The zero-order valence-electron chi connectivity index (χ0n) is 10.3. The third-order valence-electron chi connectivity index (χ3n) is 4.02. The first kappa shape index (κ1) is 12.8. The van der Waals surface area contributed by atoms with Gasteiger partial charge in [0.05, 0.1) is 0 Å². The Bertz CT molecular complexity index is 266. The molecule has 0 radical (unpaired) electrons. The highest BCUT2D eigenvalue weighted by Crippen LogP contribution is 2.22. The lowest BCUT2D eigenvalue weighted by atomic mass is 10.2. The molecule has 0 amide bonds. The second-order valence-corrected chi connectivity index (χ2v) is 5.11. The van der Waals surface area contributed by atoms with E-state index < -0.39 is 5.97 Å². The molecule has 5 heteroatoms. The molecule has 2 atom stereocenters. The lowest BCUT2D eigenvalue weighted by Crippen LogP contribution is -2.43. The van der Waals surface area contributed by atoms with Gasteiger partial charge in [-0.25, -0.2) is 0 Å². The Morgan fingerprint density at radius 1 is 1.35 bits per heavy atom. The van der Waals surface area contributed by atoms with Crippen LogP contribution in [0.2, 0.25) is 0 Å². The Morgan fingerprint density at radius 2 is 2.06 bits per heavy atom. The molecule has 2 heterocycles. The number of rotatable bonds is 5. The Labute approximate surface area is 103 Å². The average molecular weight is 241 g/mol. The van der Waals surface area contributed by atoms with Gasteiger partial charge in [-0.15, -0.1) is 0 Å². The van der Waals surface area contributed by atoms with Gasteiger partial charge in [0, 0.05) is 19.1 Å². The summed E-state index contributed by atoms with van der Waals surface area (Å²) < 4.78 is 0. The molecule has 5 nitrogen and oxygen atoms in total. The predicted octanol–water partition coefficient (Wildman–Crippen LogP) is -0.0415. The van der Waals surface area contributed by atoms with E-state index in [-0.39, 0.29) is 6.04 Å². The lowest BCUT2D eigenvalue weighted by Gasteiger charge is -2.26. The minimum Gasteiger partial charge on any atom is -0.480 e. The summed E-state index contributed by atoms with van der Waals surface area (Å²) in [7, 11) is 0. The summed E-state index contributed by atoms with van der Waals surface area (Å²) >= 11 is 0. The molecular formula is C12H23N3O2. The Morgan fingerprint density at radius 3 is 2.65 bits per heavy atom. The van der Waals surface area contributed by atoms with Crippen molar-refractivity contribution in [2.45, 2.75) is 37.8 Å². The van der Waals surface area contributed by atoms with Crippen LogP contribution >= 0.6 is 0 Å². The first-order chi connectivity index (χ1) is 8.22. The van der Waals surface area contributed by atoms with Crippen molar-refractivity contribution in [3.05, 3.63) is 0 Å². The van der Waals surface area contributed by atoms with Crippen molar-refractivity contribution in [3.8, 4) is 0 Å². The van der Waals surface area contributed by atoms with Gasteiger partial charge < -0.3 is 10.8 Å². The molecule has 2 fully saturated rings. The molecule has 17 heavy (non-hydrogen) atoms. The van der Waals surface area contributed by atoms with Crippen molar-refractivity contribution in [1.82, 2.24) is 9.80 Å². The predicted molar refractivity (Wildman–Crippen MR) is 65.9 cm³/mol. The van der Waals surface area contributed by atoms with Crippen LogP contribution in [-0.2, 0) is 4.79 Å². The Kier molecular flexibility index (Phi) is 4.36. The average Bonchev–Trinajstić information content (AvgIpc) is 2.95. The van der Waals surface area contributed by atoms with Crippen LogP contribution in [0.1, 0.15) is 25.7 Å². The number of hydrogen-bond donors (Lipinski definition) is 2. The first-order valence-corrected chi connectivity index (χ1v) is 6.63. The largest absolute Gasteiger partial charge is 0.480 e. The third-order valence-corrected chi connectivity index (χ3v) is 4.02. The van der Waals surface area contributed by atoms with Crippen LogP contribution in [0.5, 0.6) is 0 Å². The van der Waals surface area contributed by atoms with Crippen LogP contribution in [-0.4, -0.2) is 65.7 Å². The summed E-state index contributed by atoms with van der Waals surface area (Å²) in [5.41, 5.74) is 5.49. The molecule has 0 spiro atoms. The zero-order chi connectivity index (χ0) is 12.3. The van der Waals surface area contributed by atoms with Gasteiger partial charge in [0.25, 0.3) is 0 Å². The fourth-order valence-electron chi connectivity index (χ4n) is 3.08. The van der Waals surface area contributed by atoms with E-state index in [4.69, 9.17) is 5.73 Å². The summed E-state index contributed by atoms with van der Waals surface area (Å²) in [6.07, 6.45) is 4.25. The van der Waals surface area contributed by atoms with Gasteiger partial charge in [-0.2, -0.15) is 0 Å². The maximum Gasteiger partial charge on any atom is 0.320 e. The van der Waals surface area contributed by atoms with Crippen molar-refractivity contribution in [2.24, 2.45) is 5.73 Å². The van der Waals surface area contributed by atoms with E-state index in [1.807, 2.05) is 0 Å². The van der Waals surface area contributed by atoms with Crippen LogP contribution in [0, 0.1) is 0 Å². The standard InChI is InChI=1S/C12H23N3O2/c13-5-3-11(12(16)17)15-8-4-10(9-15)14-6-1-2-7-14/h10-11H,1-9,13H2,(H,16,17). The maximum absolute atomic E-state index is 11.2. The summed E-state index contributed by atoms with van der Waals surface area (Å²) in [6, 6.07) is 0.185. The number of likely N-dealkylation sites (tertiary alicyclic amines) is 2. The molecule has 0 bridgehead atoms. The van der Waals surface area contributed by atoms with E-state index in [1.54, 1.807) is 0 Å². The van der Waals surface area contributed by atoms with E-state index >= 15 is 0 Å². The third kappa shape index (κ3) is 2.97. The zero-order valence-corrected chi connectivity index (χ0v) is 10.3. The molecule has 2 unspecified atom stereocenters. The molecule has 0 saturated carbocycles. The molecule has 2 aliphatic heterocycles. The molecule has 0 aromatic carbocycles. The number of nitrogens with zero attached hydrogens (tertiary/aromatic N) is 2. The molecule has 2 rings (SSSR count). The highest BCUT2D eigenvalue weighted by molar-refractivity contribution is 5.73. The molecule has 2 saturated heterocycles. The minimum atomic E-state index is -0.725. The summed E-state index contributed by atoms with van der Waals surface area (Å²) in [4.78, 5) is 15.8. The minimum absolute atomic E-state index is 0.382. The lowest BCUT2D eigenvalue weighted by molar-refractivity contribution is -0.143. The van der Waals surface area contributed by atoms with Crippen LogP contribution < -0.4 is 5.73 Å². The number of carboxylic acid groups (broad SMARTS) is 1. The SMILES string of the molecule is NCCC(C(=O)O)N1CCC(N2CCCC2)C1. The quantitative estimate of drug-likeness (QED) is 0.707. The highest BCUT2D eigenvalue weighted by atomic mass is 16.4. The molecule has 0 aliphatic carbocycles. The topological polar surface area (TPSA) is 69.8 Å². The second-order valence-electron chi connectivity index (χ2n) is 5.11. The maximum atomic E-state index is 11.2. The fourth-order valence-corrected chi connectivity index (χ4v) is 3.08. The molecular weight excluding hydrogens is 218 g/mol. The van der Waals surface area contributed by atoms with E-state index in [1.165, 1.54) is 25.9 Å². The summed E-state index contributed by atoms with van der Waals surface area (Å²) in [5, 5.41) is 9.21. The van der Waals surface area contributed by atoms with E-state index in [0.717, 1.165) is 19.5 Å². The van der Waals surface area contributed by atoms with Crippen molar-refractivity contribution >= 4 is 5.97 Å². The molecule has 98 valence electrons. The highest BCUT2D eigenvalue weighted by Gasteiger charge is 2.34. The van der Waals surface area contributed by atoms with Crippen LogP contribution in [0.4, 0.5) is 0 Å². The Hall–Kier alpha value is -0.650. The number of carboxylic acids is 1. The van der Waals surface area contributed by atoms with Crippen molar-refractivity contribution in [3.63, 3.8) is 0 Å². The van der Waals surface area contributed by atoms with Gasteiger partial charge >= 0.3 is 5.97 Å². The van der Waals surface area contributed by atoms with Gasteiger partial charge in [-0.05, 0) is 45.3 Å². The van der Waals surface area contributed by atoms with Gasteiger partial charge in [-0.1, -0.05) is 0 Å². The van der Waals surface area contributed by atoms with Gasteiger partial charge in [0.1, 0.15) is 6.04 Å². The van der Waals surface area contributed by atoms with Crippen molar-refractivity contribution < 1.29 is 9.90 Å². The number of aliphatic carboxylic acids is 1. The first-order valence-electron chi connectivity index (χ1n) is 6.63. The number of nitrogens with two attached hydrogens (primary N) is 1. The van der Waals surface area contributed by atoms with Crippen LogP contribution in [0.3, 0.4) is 0 Å². The van der Waals surface area contributed by atoms with E-state index in [2.05, 4.69) is 9.80 Å². The van der Waals surface area contributed by atoms with Crippen molar-refractivity contribution in [1.29, 1.82) is 0 Å².